The van der Waals surface area contributed by atoms with Crippen molar-refractivity contribution in [2.24, 2.45) is 0 Å². The maximum absolute atomic E-state index is 12.6. The van der Waals surface area contributed by atoms with Crippen molar-refractivity contribution in [3.63, 3.8) is 0 Å². The second kappa shape index (κ2) is 7.35. The van der Waals surface area contributed by atoms with Crippen LogP contribution in [0.2, 0.25) is 0 Å². The molecule has 0 aliphatic heterocycles. The van der Waals surface area contributed by atoms with Gasteiger partial charge >= 0.3 is 5.97 Å². The predicted octanol–water partition coefficient (Wildman–Crippen LogP) is 2.67. The van der Waals surface area contributed by atoms with Crippen LogP contribution in [-0.2, 0) is 17.6 Å². The Bertz CT molecular complexity index is 878. The number of nitro groups is 1. The average Bonchev–Trinajstić information content (AvgIpc) is 2.66. The third-order valence-electron chi connectivity index (χ3n) is 4.49. The van der Waals surface area contributed by atoms with Gasteiger partial charge in [-0.1, -0.05) is 24.3 Å². The molecule has 1 N–H and O–H groups in total. The summed E-state index contributed by atoms with van der Waals surface area (Å²) in [5.41, 5.74) is 2.19. The number of rotatable bonds is 4. The number of amides is 1. The van der Waals surface area contributed by atoms with E-state index in [2.05, 4.69) is 16.1 Å². The van der Waals surface area contributed by atoms with E-state index in [0.29, 0.717) is 6.42 Å². The normalized spacial score (nSPS) is 15.7. The molecular weight excluding hydrogens is 336 g/mol. The summed E-state index contributed by atoms with van der Waals surface area (Å²) in [6.07, 6.45) is 2.37. The highest BCUT2D eigenvalue weighted by atomic mass is 16.6. The Hall–Kier alpha value is -3.22. The Kier molecular flexibility index (Phi) is 4.97. The molecule has 7 heteroatoms. The molecule has 0 bridgehead atoms. The summed E-state index contributed by atoms with van der Waals surface area (Å²) in [5, 5.41) is 14.0. The molecular formula is C19H18N2O5. The largest absolute Gasteiger partial charge is 0.465 e. The van der Waals surface area contributed by atoms with Crippen LogP contribution in [0.1, 0.15) is 38.3 Å². The van der Waals surface area contributed by atoms with Gasteiger partial charge in [-0.3, -0.25) is 14.9 Å². The first-order chi connectivity index (χ1) is 12.5. The highest BCUT2D eigenvalue weighted by Crippen LogP contribution is 2.22. The maximum Gasteiger partial charge on any atom is 0.338 e. The van der Waals surface area contributed by atoms with E-state index in [0.717, 1.165) is 18.9 Å². The molecule has 7 nitrogen and oxygen atoms in total. The summed E-state index contributed by atoms with van der Waals surface area (Å²) in [7, 11) is 1.18. The van der Waals surface area contributed by atoms with E-state index in [4.69, 9.17) is 0 Å². The highest BCUT2D eigenvalue weighted by Gasteiger charge is 2.23. The number of esters is 1. The number of carbonyl (C=O) groups is 2. The summed E-state index contributed by atoms with van der Waals surface area (Å²) in [5.74, 6) is -1.17. The monoisotopic (exact) mass is 354 g/mol. The van der Waals surface area contributed by atoms with Gasteiger partial charge in [0.15, 0.2) is 0 Å². The molecule has 1 unspecified atom stereocenters. The molecule has 0 fully saturated rings. The topological polar surface area (TPSA) is 98.5 Å². The molecule has 1 aliphatic rings. The van der Waals surface area contributed by atoms with Gasteiger partial charge in [0.2, 0.25) is 0 Å². The minimum absolute atomic E-state index is 0.0270. The molecule has 3 rings (SSSR count). The van der Waals surface area contributed by atoms with E-state index < -0.39 is 16.8 Å². The molecule has 0 spiro atoms. The average molecular weight is 354 g/mol. The lowest BCUT2D eigenvalue weighted by atomic mass is 9.88. The van der Waals surface area contributed by atoms with Crippen LogP contribution in [0.5, 0.6) is 0 Å². The molecule has 2 aromatic carbocycles. The Morgan fingerprint density at radius 2 is 1.85 bits per heavy atom. The first-order valence-electron chi connectivity index (χ1n) is 8.23. The molecule has 0 saturated carbocycles. The van der Waals surface area contributed by atoms with Crippen LogP contribution in [0.25, 0.3) is 0 Å². The van der Waals surface area contributed by atoms with Crippen molar-refractivity contribution < 1.29 is 19.2 Å². The first kappa shape index (κ1) is 17.6. The van der Waals surface area contributed by atoms with Crippen LogP contribution in [0.15, 0.2) is 42.5 Å². The van der Waals surface area contributed by atoms with Crippen LogP contribution < -0.4 is 5.32 Å². The number of nitrogens with zero attached hydrogens (tertiary/aromatic N) is 1. The maximum atomic E-state index is 12.6. The third-order valence-corrected chi connectivity index (χ3v) is 4.49. The van der Waals surface area contributed by atoms with Gasteiger partial charge in [-0.25, -0.2) is 4.79 Å². The number of fused-ring (bicyclic) bond motifs is 1. The Labute approximate surface area is 150 Å². The molecule has 2 aromatic rings. The molecule has 134 valence electrons. The predicted molar refractivity (Wildman–Crippen MR) is 94.2 cm³/mol. The van der Waals surface area contributed by atoms with E-state index in [9.17, 15) is 19.7 Å². The van der Waals surface area contributed by atoms with Gasteiger partial charge in [0, 0.05) is 23.7 Å². The van der Waals surface area contributed by atoms with Crippen molar-refractivity contribution in [2.75, 3.05) is 7.11 Å². The zero-order valence-corrected chi connectivity index (χ0v) is 14.2. The van der Waals surface area contributed by atoms with Gasteiger partial charge in [-0.2, -0.15) is 0 Å². The number of methoxy groups -OCH3 is 1. The second-order valence-electron chi connectivity index (χ2n) is 6.20. The Balaban J connectivity index is 1.80. The molecule has 26 heavy (non-hydrogen) atoms. The number of nitro benzene ring substituents is 1. The molecule has 1 atom stereocenters. The van der Waals surface area contributed by atoms with Crippen LogP contribution >= 0.6 is 0 Å². The minimum Gasteiger partial charge on any atom is -0.465 e. The smallest absolute Gasteiger partial charge is 0.338 e. The summed E-state index contributed by atoms with van der Waals surface area (Å²) < 4.78 is 4.60. The van der Waals surface area contributed by atoms with Crippen molar-refractivity contribution in [3.8, 4) is 0 Å². The van der Waals surface area contributed by atoms with Gasteiger partial charge in [-0.05, 0) is 36.5 Å². The second-order valence-corrected chi connectivity index (χ2v) is 6.20. The molecule has 0 heterocycles. The quantitative estimate of drug-likeness (QED) is 0.517. The summed E-state index contributed by atoms with van der Waals surface area (Å²) in [6, 6.07) is 11.6. The number of ether oxygens (including phenoxy) is 1. The van der Waals surface area contributed by atoms with E-state index in [1.54, 1.807) is 0 Å². The van der Waals surface area contributed by atoms with Gasteiger partial charge < -0.3 is 10.1 Å². The fourth-order valence-corrected chi connectivity index (χ4v) is 3.17. The van der Waals surface area contributed by atoms with Gasteiger partial charge in [0.1, 0.15) is 0 Å². The first-order valence-corrected chi connectivity index (χ1v) is 8.23. The number of carbonyl (C=O) groups excluding carboxylic acids is 2. The van der Waals surface area contributed by atoms with Crippen molar-refractivity contribution in [1.29, 1.82) is 0 Å². The molecule has 0 saturated heterocycles. The SMILES string of the molecule is COC(=O)c1cc(C(=O)NC2CCc3ccccc3C2)cc([N+](=O)[O-])c1. The van der Waals surface area contributed by atoms with E-state index in [1.165, 1.54) is 30.4 Å². The van der Waals surface area contributed by atoms with E-state index >= 15 is 0 Å². The molecule has 0 radical (unpaired) electrons. The zero-order chi connectivity index (χ0) is 18.7. The minimum atomic E-state index is -0.727. The standard InChI is InChI=1S/C19H18N2O5/c1-26-19(23)15-8-14(10-17(11-15)21(24)25)18(22)20-16-7-6-12-4-2-3-5-13(12)9-16/h2-5,8,10-11,16H,6-7,9H2,1H3,(H,20,22). The van der Waals surface area contributed by atoms with Crippen LogP contribution in [0, 0.1) is 10.1 Å². The van der Waals surface area contributed by atoms with Gasteiger partial charge in [0.25, 0.3) is 11.6 Å². The number of nitrogens with one attached hydrogen (secondary N) is 1. The number of benzene rings is 2. The fourth-order valence-electron chi connectivity index (χ4n) is 3.17. The van der Waals surface area contributed by atoms with Crippen molar-refractivity contribution in [3.05, 3.63) is 74.8 Å². The highest BCUT2D eigenvalue weighted by molar-refractivity contribution is 5.99. The van der Waals surface area contributed by atoms with E-state index in [1.807, 2.05) is 18.2 Å². The van der Waals surface area contributed by atoms with Crippen molar-refractivity contribution >= 4 is 17.6 Å². The summed E-state index contributed by atoms with van der Waals surface area (Å²) >= 11 is 0. The Morgan fingerprint density at radius 3 is 2.54 bits per heavy atom. The van der Waals surface area contributed by atoms with Gasteiger partial charge in [-0.15, -0.1) is 0 Å². The number of hydrogen-bond donors (Lipinski definition) is 1. The van der Waals surface area contributed by atoms with Crippen LogP contribution in [0.4, 0.5) is 5.69 Å². The number of hydrogen-bond acceptors (Lipinski definition) is 5. The lowest BCUT2D eigenvalue weighted by molar-refractivity contribution is -0.384. The van der Waals surface area contributed by atoms with Crippen molar-refractivity contribution in [1.82, 2.24) is 5.32 Å². The zero-order valence-electron chi connectivity index (χ0n) is 14.2. The van der Waals surface area contributed by atoms with Crippen LogP contribution in [0.3, 0.4) is 0 Å². The lowest BCUT2D eigenvalue weighted by Gasteiger charge is -2.25. The molecule has 1 amide bonds. The summed E-state index contributed by atoms with van der Waals surface area (Å²) in [4.78, 5) is 34.7. The van der Waals surface area contributed by atoms with Gasteiger partial charge in [0.05, 0.1) is 17.6 Å². The summed E-state index contributed by atoms with van der Waals surface area (Å²) in [6.45, 7) is 0. The Morgan fingerprint density at radius 1 is 1.15 bits per heavy atom. The fraction of sp³-hybridized carbons (Fsp3) is 0.263. The molecule has 1 aliphatic carbocycles. The third kappa shape index (κ3) is 3.72. The number of aryl methyl sites for hydroxylation is 1. The number of non-ortho nitro benzene ring substituents is 1. The lowest BCUT2D eigenvalue weighted by Crippen LogP contribution is -2.38. The van der Waals surface area contributed by atoms with E-state index in [-0.39, 0.29) is 22.9 Å². The van der Waals surface area contributed by atoms with Crippen molar-refractivity contribution in [2.45, 2.75) is 25.3 Å². The van der Waals surface area contributed by atoms with Crippen LogP contribution in [-0.4, -0.2) is 30.0 Å². The molecule has 0 aromatic heterocycles.